The third kappa shape index (κ3) is 6.15. The van der Waals surface area contributed by atoms with Gasteiger partial charge in [0.15, 0.2) is 0 Å². The molecular weight excluding hydrogens is 601 g/mol. The Kier molecular flexibility index (Phi) is 8.70. The number of benzene rings is 3. The predicted molar refractivity (Wildman–Crippen MR) is 160 cm³/mol. The van der Waals surface area contributed by atoms with Gasteiger partial charge in [0, 0.05) is 37.3 Å². The zero-order valence-electron chi connectivity index (χ0n) is 24.5. The molecule has 9 nitrogen and oxygen atoms in total. The van der Waals surface area contributed by atoms with Gasteiger partial charge in [-0.1, -0.05) is 12.1 Å². The summed E-state index contributed by atoms with van der Waals surface area (Å²) < 4.78 is 64.4. The number of pyridine rings is 1. The minimum atomic E-state index is -1.10. The zero-order valence-corrected chi connectivity index (χ0v) is 24.5. The molecule has 12 heteroatoms. The first-order valence-corrected chi connectivity index (χ1v) is 14.4. The van der Waals surface area contributed by atoms with Gasteiger partial charge in [-0.25, -0.2) is 27.9 Å². The molecule has 0 amide bonds. The number of carboxylic acids is 1. The SMILES string of the molecule is CO[C@H]1CCOC[C@H]1n1c(Cc2cc(F)c(-c3cccc(OCc4ccc(C#N)cc4F)n3)cc2F)nc2ccc(C(=O)O)cc21. The smallest absolute Gasteiger partial charge is 0.335 e. The number of hydrogen-bond acceptors (Lipinski definition) is 7. The summed E-state index contributed by atoms with van der Waals surface area (Å²) in [5.41, 5.74) is 1.50. The van der Waals surface area contributed by atoms with E-state index in [2.05, 4.69) is 9.97 Å². The number of imidazole rings is 1. The quantitative estimate of drug-likeness (QED) is 0.204. The van der Waals surface area contributed by atoms with Gasteiger partial charge in [-0.2, -0.15) is 5.26 Å². The lowest BCUT2D eigenvalue weighted by Gasteiger charge is -2.33. The fourth-order valence-electron chi connectivity index (χ4n) is 5.61. The fourth-order valence-corrected chi connectivity index (χ4v) is 5.61. The molecule has 234 valence electrons. The van der Waals surface area contributed by atoms with E-state index in [0.29, 0.717) is 29.9 Å². The van der Waals surface area contributed by atoms with Crippen LogP contribution in [-0.2, 0) is 22.5 Å². The standard InChI is InChI=1S/C34H27F3N4O5/c1-44-31-9-10-45-18-30(31)41-29-13-20(34(42)43)7-8-28(29)39-32(41)14-22-12-26(37)23(15-25(22)36)27-3-2-4-33(40-27)46-17-21-6-5-19(16-38)11-24(21)35/h2-8,11-13,15,30-31H,9-10,14,17-18H2,1H3,(H,42,43)/t30-,31+/m1/s1. The van der Waals surface area contributed by atoms with Crippen LogP contribution in [0, 0.1) is 28.8 Å². The molecule has 46 heavy (non-hydrogen) atoms. The van der Waals surface area contributed by atoms with Gasteiger partial charge in [0.1, 0.15) is 29.9 Å². The van der Waals surface area contributed by atoms with Crippen LogP contribution in [-0.4, -0.2) is 52.0 Å². The maximum absolute atomic E-state index is 15.7. The molecule has 0 aliphatic carbocycles. The highest BCUT2D eigenvalue weighted by Crippen LogP contribution is 2.32. The number of aromatic nitrogens is 3. The van der Waals surface area contributed by atoms with Gasteiger partial charge in [-0.3, -0.25) is 0 Å². The molecule has 0 spiro atoms. The molecule has 0 bridgehead atoms. The first-order chi connectivity index (χ1) is 22.2. The van der Waals surface area contributed by atoms with E-state index in [-0.39, 0.29) is 71.2 Å². The van der Waals surface area contributed by atoms with E-state index in [9.17, 15) is 14.3 Å². The van der Waals surface area contributed by atoms with E-state index in [1.807, 2.05) is 6.07 Å². The van der Waals surface area contributed by atoms with Crippen molar-refractivity contribution in [2.45, 2.75) is 31.6 Å². The number of nitriles is 1. The van der Waals surface area contributed by atoms with Crippen LogP contribution in [0.25, 0.3) is 22.3 Å². The Morgan fingerprint density at radius 2 is 1.87 bits per heavy atom. The van der Waals surface area contributed by atoms with Crippen LogP contribution < -0.4 is 4.74 Å². The molecule has 1 aliphatic heterocycles. The van der Waals surface area contributed by atoms with E-state index in [0.717, 1.165) is 18.2 Å². The molecule has 3 heterocycles. The third-order valence-corrected chi connectivity index (χ3v) is 7.95. The summed E-state index contributed by atoms with van der Waals surface area (Å²) in [5.74, 6) is -2.68. The number of ether oxygens (including phenoxy) is 3. The van der Waals surface area contributed by atoms with Crippen LogP contribution in [0.3, 0.4) is 0 Å². The van der Waals surface area contributed by atoms with Crippen molar-refractivity contribution in [3.8, 4) is 23.2 Å². The van der Waals surface area contributed by atoms with E-state index >= 15 is 8.78 Å². The highest BCUT2D eigenvalue weighted by atomic mass is 19.1. The number of halogens is 3. The van der Waals surface area contributed by atoms with Gasteiger partial charge in [0.2, 0.25) is 5.88 Å². The molecule has 0 saturated carbocycles. The lowest BCUT2D eigenvalue weighted by atomic mass is 10.0. The number of carbonyl (C=O) groups is 1. The number of fused-ring (bicyclic) bond motifs is 1. The second kappa shape index (κ2) is 13.0. The van der Waals surface area contributed by atoms with E-state index in [1.165, 1.54) is 36.4 Å². The Labute approximate surface area is 261 Å². The Hall–Kier alpha value is -5.25. The van der Waals surface area contributed by atoms with Crippen molar-refractivity contribution in [3.63, 3.8) is 0 Å². The summed E-state index contributed by atoms with van der Waals surface area (Å²) in [7, 11) is 1.58. The molecule has 3 aromatic carbocycles. The van der Waals surface area contributed by atoms with E-state index < -0.39 is 23.4 Å². The first kappa shape index (κ1) is 30.8. The Morgan fingerprint density at radius 3 is 2.63 bits per heavy atom. The zero-order chi connectivity index (χ0) is 32.4. The molecule has 1 fully saturated rings. The first-order valence-electron chi connectivity index (χ1n) is 14.4. The van der Waals surface area contributed by atoms with Crippen molar-refractivity contribution in [3.05, 3.63) is 112 Å². The topological polar surface area (TPSA) is 119 Å². The maximum Gasteiger partial charge on any atom is 0.335 e. The number of nitrogens with zero attached hydrogens (tertiary/aromatic N) is 4. The largest absolute Gasteiger partial charge is 0.478 e. The van der Waals surface area contributed by atoms with Crippen LogP contribution in [0.15, 0.2) is 66.7 Å². The van der Waals surface area contributed by atoms with Gasteiger partial charge in [-0.05, 0) is 60.5 Å². The van der Waals surface area contributed by atoms with Gasteiger partial charge in [0.25, 0.3) is 0 Å². The molecular formula is C34H27F3N4O5. The lowest BCUT2D eigenvalue weighted by Crippen LogP contribution is -2.36. The van der Waals surface area contributed by atoms with Crippen molar-refractivity contribution in [2.75, 3.05) is 20.3 Å². The van der Waals surface area contributed by atoms with Crippen molar-refractivity contribution in [2.24, 2.45) is 0 Å². The van der Waals surface area contributed by atoms with Crippen LogP contribution >= 0.6 is 0 Å². The summed E-state index contributed by atoms with van der Waals surface area (Å²) in [5, 5.41) is 18.5. The van der Waals surface area contributed by atoms with Crippen LogP contribution in [0.5, 0.6) is 5.88 Å². The fraction of sp³-hybridized carbons (Fsp3) is 0.235. The normalized spacial score (nSPS) is 16.3. The lowest BCUT2D eigenvalue weighted by molar-refractivity contribution is -0.0492. The van der Waals surface area contributed by atoms with E-state index in [4.69, 9.17) is 19.5 Å². The highest BCUT2D eigenvalue weighted by Gasteiger charge is 2.31. The second-order valence-electron chi connectivity index (χ2n) is 10.8. The van der Waals surface area contributed by atoms with Crippen molar-refractivity contribution >= 4 is 17.0 Å². The molecule has 0 radical (unpaired) electrons. The number of rotatable bonds is 9. The summed E-state index contributed by atoms with van der Waals surface area (Å²) >= 11 is 0. The monoisotopic (exact) mass is 628 g/mol. The van der Waals surface area contributed by atoms with Crippen LogP contribution in [0.4, 0.5) is 13.2 Å². The summed E-state index contributed by atoms with van der Waals surface area (Å²) in [4.78, 5) is 20.7. The van der Waals surface area contributed by atoms with Crippen LogP contribution in [0.1, 0.15) is 45.3 Å². The summed E-state index contributed by atoms with van der Waals surface area (Å²) in [6, 6.07) is 16.7. The van der Waals surface area contributed by atoms with Crippen LogP contribution in [0.2, 0.25) is 0 Å². The molecule has 6 rings (SSSR count). The average molecular weight is 629 g/mol. The Bertz CT molecular complexity index is 1990. The Morgan fingerprint density at radius 1 is 1.04 bits per heavy atom. The van der Waals surface area contributed by atoms with Crippen molar-refractivity contribution < 1.29 is 37.3 Å². The Balaban J connectivity index is 1.30. The molecule has 1 saturated heterocycles. The minimum Gasteiger partial charge on any atom is -0.478 e. The van der Waals surface area contributed by atoms with Gasteiger partial charge < -0.3 is 23.9 Å². The average Bonchev–Trinajstić information content (AvgIpc) is 3.42. The number of methoxy groups -OCH3 is 1. The summed E-state index contributed by atoms with van der Waals surface area (Å²) in [6.45, 7) is 0.575. The molecule has 0 unspecified atom stereocenters. The molecule has 2 atom stereocenters. The third-order valence-electron chi connectivity index (χ3n) is 7.95. The molecule has 1 aliphatic rings. The molecule has 1 N–H and O–H groups in total. The number of hydrogen-bond donors (Lipinski definition) is 1. The van der Waals surface area contributed by atoms with Gasteiger partial charge in [0.05, 0.1) is 52.7 Å². The molecule has 2 aromatic heterocycles. The maximum atomic E-state index is 15.7. The predicted octanol–water partition coefficient (Wildman–Crippen LogP) is 6.23. The second-order valence-corrected chi connectivity index (χ2v) is 10.8. The van der Waals surface area contributed by atoms with Gasteiger partial charge >= 0.3 is 5.97 Å². The molecule has 5 aromatic rings. The highest BCUT2D eigenvalue weighted by molar-refractivity contribution is 5.92. The minimum absolute atomic E-state index is 0.0330. The number of carboxylic acid groups (broad SMARTS) is 1. The van der Waals surface area contributed by atoms with Gasteiger partial charge in [-0.15, -0.1) is 0 Å². The van der Waals surface area contributed by atoms with E-state index in [1.54, 1.807) is 23.8 Å². The van der Waals surface area contributed by atoms with Crippen molar-refractivity contribution in [1.82, 2.24) is 14.5 Å². The summed E-state index contributed by atoms with van der Waals surface area (Å²) in [6.07, 6.45) is 0.227. The van der Waals surface area contributed by atoms with Crippen molar-refractivity contribution in [1.29, 1.82) is 5.26 Å². The number of aromatic carboxylic acids is 1.